The third-order valence-electron chi connectivity index (χ3n) is 0.818. The molecule has 1 aromatic heterocycles. The first-order chi connectivity index (χ1) is 5.68. The van der Waals surface area contributed by atoms with E-state index in [2.05, 4.69) is 11.0 Å². The van der Waals surface area contributed by atoms with Gasteiger partial charge in [0.05, 0.1) is 12.5 Å². The Morgan fingerprint density at radius 1 is 1.50 bits per heavy atom. The Labute approximate surface area is 69.4 Å². The Bertz CT molecular complexity index is 265. The molecule has 62 valence electrons. The van der Waals surface area contributed by atoms with Crippen LogP contribution in [0.3, 0.4) is 0 Å². The molecular weight excluding hydrogens is 158 g/mol. The van der Waals surface area contributed by atoms with Crippen LogP contribution in [0.1, 0.15) is 0 Å². The topological polar surface area (TPSA) is 74.2 Å². The average molecular weight is 165 g/mol. The van der Waals surface area contributed by atoms with E-state index in [1.54, 1.807) is 12.5 Å². The molecule has 1 aromatic rings. The van der Waals surface area contributed by atoms with Crippen LogP contribution in [0.25, 0.3) is 0 Å². The fraction of sp³-hybridized carbons (Fsp3) is 0. The molecule has 0 bridgehead atoms. The van der Waals surface area contributed by atoms with Gasteiger partial charge in [-0.05, 0) is 12.1 Å². The van der Waals surface area contributed by atoms with Crippen molar-refractivity contribution in [2.75, 3.05) is 0 Å². The van der Waals surface area contributed by atoms with E-state index in [1.807, 2.05) is 12.1 Å². The van der Waals surface area contributed by atoms with Gasteiger partial charge in [-0.3, -0.25) is 0 Å². The van der Waals surface area contributed by atoms with E-state index >= 15 is 0 Å². The van der Waals surface area contributed by atoms with Crippen molar-refractivity contribution in [1.82, 2.24) is 0 Å². The standard InChI is InChI=1S/C4H3NO2.C4H4O/c1-3(2-5)4(6)7;1-2-4-5-3-1/h1H2,(H,6,7);1-4H. The van der Waals surface area contributed by atoms with Crippen molar-refractivity contribution in [3.63, 3.8) is 0 Å². The van der Waals surface area contributed by atoms with Gasteiger partial charge in [-0.25, -0.2) is 4.79 Å². The predicted octanol–water partition coefficient (Wildman–Crippen LogP) is 1.43. The Morgan fingerprint density at radius 3 is 2.08 bits per heavy atom. The summed E-state index contributed by atoms with van der Waals surface area (Å²) >= 11 is 0. The highest BCUT2D eigenvalue weighted by Gasteiger charge is 1.97. The SMILES string of the molecule is C=C(C#N)C(=O)O.c1ccoc1. The van der Waals surface area contributed by atoms with Crippen molar-refractivity contribution in [2.45, 2.75) is 0 Å². The maximum atomic E-state index is 9.61. The predicted molar refractivity (Wildman–Crippen MR) is 41.1 cm³/mol. The van der Waals surface area contributed by atoms with Crippen molar-refractivity contribution in [2.24, 2.45) is 0 Å². The van der Waals surface area contributed by atoms with Gasteiger partial charge in [-0.2, -0.15) is 5.26 Å². The van der Waals surface area contributed by atoms with Gasteiger partial charge in [0.25, 0.3) is 0 Å². The first-order valence-electron chi connectivity index (χ1n) is 2.98. The van der Waals surface area contributed by atoms with Crippen LogP contribution in [-0.4, -0.2) is 11.1 Å². The summed E-state index contributed by atoms with van der Waals surface area (Å²) in [6.07, 6.45) is 3.25. The number of carbonyl (C=O) groups is 1. The molecule has 4 nitrogen and oxygen atoms in total. The van der Waals surface area contributed by atoms with Gasteiger partial charge in [0.2, 0.25) is 0 Å². The summed E-state index contributed by atoms with van der Waals surface area (Å²) in [4.78, 5) is 9.61. The van der Waals surface area contributed by atoms with Gasteiger partial charge >= 0.3 is 5.97 Å². The van der Waals surface area contributed by atoms with E-state index in [-0.39, 0.29) is 0 Å². The third kappa shape index (κ3) is 4.82. The molecule has 0 aliphatic carbocycles. The van der Waals surface area contributed by atoms with E-state index in [0.29, 0.717) is 0 Å². The van der Waals surface area contributed by atoms with Crippen LogP contribution in [0.4, 0.5) is 0 Å². The number of furan rings is 1. The van der Waals surface area contributed by atoms with Gasteiger partial charge in [-0.1, -0.05) is 6.58 Å². The molecule has 0 aromatic carbocycles. The van der Waals surface area contributed by atoms with Crippen LogP contribution in [-0.2, 0) is 4.79 Å². The average Bonchev–Trinajstić information content (AvgIpc) is 2.59. The van der Waals surface area contributed by atoms with Crippen LogP contribution in [0.5, 0.6) is 0 Å². The van der Waals surface area contributed by atoms with Crippen LogP contribution < -0.4 is 0 Å². The molecule has 4 heteroatoms. The number of rotatable bonds is 1. The highest BCUT2D eigenvalue weighted by molar-refractivity contribution is 5.90. The number of carboxylic acid groups (broad SMARTS) is 1. The lowest BCUT2D eigenvalue weighted by atomic mass is 10.4. The second kappa shape index (κ2) is 5.74. The zero-order chi connectivity index (χ0) is 9.40. The molecule has 0 fully saturated rings. The summed E-state index contributed by atoms with van der Waals surface area (Å²) in [6.45, 7) is 2.91. The fourth-order valence-electron chi connectivity index (χ4n) is 0.275. The van der Waals surface area contributed by atoms with Crippen LogP contribution in [0.15, 0.2) is 41.2 Å². The first kappa shape index (κ1) is 9.98. The second-order valence-corrected chi connectivity index (χ2v) is 1.69. The molecule has 1 heterocycles. The molecule has 0 aliphatic heterocycles. The van der Waals surface area contributed by atoms with E-state index in [1.165, 1.54) is 6.07 Å². The number of hydrogen-bond acceptors (Lipinski definition) is 3. The first-order valence-corrected chi connectivity index (χ1v) is 2.98. The summed E-state index contributed by atoms with van der Waals surface area (Å²) in [5.74, 6) is -1.26. The summed E-state index contributed by atoms with van der Waals surface area (Å²) in [5.41, 5.74) is -0.431. The summed E-state index contributed by atoms with van der Waals surface area (Å²) < 4.78 is 4.58. The van der Waals surface area contributed by atoms with E-state index in [0.717, 1.165) is 0 Å². The molecule has 0 amide bonds. The number of nitrogens with zero attached hydrogens (tertiary/aromatic N) is 1. The summed E-state index contributed by atoms with van der Waals surface area (Å²) in [5, 5.41) is 15.6. The minimum atomic E-state index is -1.26. The highest BCUT2D eigenvalue weighted by Crippen LogP contribution is 1.81. The molecule has 0 saturated carbocycles. The Kier molecular flexibility index (Phi) is 4.77. The van der Waals surface area contributed by atoms with Crippen molar-refractivity contribution < 1.29 is 14.3 Å². The van der Waals surface area contributed by atoms with Crippen molar-refractivity contribution in [1.29, 1.82) is 5.26 Å². The van der Waals surface area contributed by atoms with E-state index in [9.17, 15) is 4.79 Å². The minimum absolute atomic E-state index is 0.431. The fourth-order valence-corrected chi connectivity index (χ4v) is 0.275. The van der Waals surface area contributed by atoms with Gasteiger partial charge in [0.1, 0.15) is 11.6 Å². The van der Waals surface area contributed by atoms with E-state index in [4.69, 9.17) is 10.4 Å². The molecule has 0 atom stereocenters. The normalized spacial score (nSPS) is 7.25. The van der Waals surface area contributed by atoms with Gasteiger partial charge < -0.3 is 9.52 Å². The van der Waals surface area contributed by atoms with Crippen molar-refractivity contribution in [3.8, 4) is 6.07 Å². The molecule has 12 heavy (non-hydrogen) atoms. The lowest BCUT2D eigenvalue weighted by molar-refractivity contribution is -0.132. The van der Waals surface area contributed by atoms with Crippen LogP contribution in [0, 0.1) is 11.3 Å². The zero-order valence-corrected chi connectivity index (χ0v) is 6.23. The smallest absolute Gasteiger partial charge is 0.345 e. The number of hydrogen-bond donors (Lipinski definition) is 1. The summed E-state index contributed by atoms with van der Waals surface area (Å²) in [6, 6.07) is 5.04. The maximum Gasteiger partial charge on any atom is 0.345 e. The van der Waals surface area contributed by atoms with Gasteiger partial charge in [0, 0.05) is 0 Å². The molecule has 0 radical (unpaired) electrons. The Balaban J connectivity index is 0.000000211. The monoisotopic (exact) mass is 165 g/mol. The van der Waals surface area contributed by atoms with Gasteiger partial charge in [0.15, 0.2) is 0 Å². The molecular formula is C8H7NO3. The lowest BCUT2D eigenvalue weighted by Crippen LogP contribution is -1.94. The second-order valence-electron chi connectivity index (χ2n) is 1.69. The minimum Gasteiger partial charge on any atom is -0.477 e. The largest absolute Gasteiger partial charge is 0.477 e. The number of aliphatic carboxylic acids is 1. The number of nitriles is 1. The van der Waals surface area contributed by atoms with Crippen molar-refractivity contribution in [3.05, 3.63) is 36.8 Å². The molecule has 0 aliphatic rings. The van der Waals surface area contributed by atoms with Gasteiger partial charge in [-0.15, -0.1) is 0 Å². The zero-order valence-electron chi connectivity index (χ0n) is 6.23. The molecule has 0 unspecified atom stereocenters. The maximum absolute atomic E-state index is 9.61. The third-order valence-corrected chi connectivity index (χ3v) is 0.818. The molecule has 1 N–H and O–H groups in total. The Hall–Kier alpha value is -2.02. The van der Waals surface area contributed by atoms with Crippen LogP contribution >= 0.6 is 0 Å². The number of carboxylic acids is 1. The summed E-state index contributed by atoms with van der Waals surface area (Å²) in [7, 11) is 0. The molecule has 0 saturated heterocycles. The molecule has 0 spiro atoms. The van der Waals surface area contributed by atoms with Crippen LogP contribution in [0.2, 0.25) is 0 Å². The quantitative estimate of drug-likeness (QED) is 0.504. The Morgan fingerprint density at radius 2 is 2.00 bits per heavy atom. The van der Waals surface area contributed by atoms with Crippen molar-refractivity contribution >= 4 is 5.97 Å². The highest BCUT2D eigenvalue weighted by atomic mass is 16.4. The van der Waals surface area contributed by atoms with E-state index < -0.39 is 11.5 Å². The lowest BCUT2D eigenvalue weighted by Gasteiger charge is -1.76. The molecule has 1 rings (SSSR count).